The molecular weight excluding hydrogens is 444 g/mol. The molecule has 2 aromatic heterocycles. The highest BCUT2D eigenvalue weighted by atomic mass is 35.5. The summed E-state index contributed by atoms with van der Waals surface area (Å²) >= 11 is 6.68. The van der Waals surface area contributed by atoms with Gasteiger partial charge in [-0.3, -0.25) is 4.79 Å². The second-order valence-electron chi connectivity index (χ2n) is 8.66. The lowest BCUT2D eigenvalue weighted by molar-refractivity contribution is -0.114. The Morgan fingerprint density at radius 2 is 1.85 bits per heavy atom. The molecular formula is C28H27ClN4O. The second kappa shape index (κ2) is 9.45. The van der Waals surface area contributed by atoms with Crippen molar-refractivity contribution in [1.82, 2.24) is 15.3 Å². The number of pyridine rings is 1. The van der Waals surface area contributed by atoms with Gasteiger partial charge in [0, 0.05) is 55.4 Å². The summed E-state index contributed by atoms with van der Waals surface area (Å²) in [6.07, 6.45) is 3.42. The third-order valence-electron chi connectivity index (χ3n) is 6.51. The number of nitrogens with one attached hydrogen (secondary N) is 2. The SMILES string of the molecule is C=CC(=O)Cc1cc(-c2c(-c3ccc(N4CCNCC4)cc3)[nH]c3nccc(Cl)c23)ccc1C. The zero-order chi connectivity index (χ0) is 23.7. The number of carbonyl (C=O) groups is 1. The molecule has 0 amide bonds. The van der Waals surface area contributed by atoms with E-state index in [-0.39, 0.29) is 5.78 Å². The van der Waals surface area contributed by atoms with Crippen molar-refractivity contribution < 1.29 is 4.79 Å². The van der Waals surface area contributed by atoms with Gasteiger partial charge in [-0.25, -0.2) is 4.98 Å². The quantitative estimate of drug-likeness (QED) is 0.362. The zero-order valence-corrected chi connectivity index (χ0v) is 20.0. The first-order valence-electron chi connectivity index (χ1n) is 11.5. The van der Waals surface area contributed by atoms with Gasteiger partial charge >= 0.3 is 0 Å². The van der Waals surface area contributed by atoms with Crippen LogP contribution < -0.4 is 10.2 Å². The first-order chi connectivity index (χ1) is 16.5. The Kier molecular flexibility index (Phi) is 6.22. The third-order valence-corrected chi connectivity index (χ3v) is 6.83. The topological polar surface area (TPSA) is 61.0 Å². The summed E-state index contributed by atoms with van der Waals surface area (Å²) in [6.45, 7) is 9.66. The van der Waals surface area contributed by atoms with Gasteiger partial charge in [0.1, 0.15) is 5.65 Å². The van der Waals surface area contributed by atoms with E-state index in [9.17, 15) is 4.79 Å². The van der Waals surface area contributed by atoms with Crippen LogP contribution in [0.1, 0.15) is 11.1 Å². The Labute approximate surface area is 204 Å². The minimum absolute atomic E-state index is 0.00241. The molecule has 4 aromatic rings. The van der Waals surface area contributed by atoms with E-state index < -0.39 is 0 Å². The molecule has 5 nitrogen and oxygen atoms in total. The van der Waals surface area contributed by atoms with Crippen LogP contribution in [0, 0.1) is 6.92 Å². The van der Waals surface area contributed by atoms with E-state index in [0.29, 0.717) is 11.4 Å². The molecule has 0 aliphatic carbocycles. The van der Waals surface area contributed by atoms with Crippen molar-refractivity contribution >= 4 is 34.1 Å². The number of aryl methyl sites for hydroxylation is 1. The number of anilines is 1. The number of rotatable bonds is 6. The molecule has 172 valence electrons. The number of fused-ring (bicyclic) bond motifs is 1. The van der Waals surface area contributed by atoms with E-state index in [1.807, 2.05) is 13.0 Å². The standard InChI is InChI=1S/C28H27ClN4O/c1-3-23(34)17-21-16-20(5-4-18(21)2)25-26-24(29)10-11-31-28(26)32-27(25)19-6-8-22(9-7-19)33-14-12-30-13-15-33/h3-11,16,30H,1,12-15,17H2,2H3,(H,31,32). The first-order valence-corrected chi connectivity index (χ1v) is 11.9. The average molecular weight is 471 g/mol. The molecule has 1 fully saturated rings. The van der Waals surface area contributed by atoms with E-state index >= 15 is 0 Å². The molecule has 0 saturated carbocycles. The van der Waals surface area contributed by atoms with Crippen LogP contribution in [0.15, 0.2) is 67.4 Å². The summed E-state index contributed by atoms with van der Waals surface area (Å²) in [6, 6.07) is 16.7. The molecule has 0 unspecified atom stereocenters. The van der Waals surface area contributed by atoms with Gasteiger partial charge in [-0.05, 0) is 53.5 Å². The number of aromatic amines is 1. The highest BCUT2D eigenvalue weighted by molar-refractivity contribution is 6.36. The maximum absolute atomic E-state index is 12.1. The van der Waals surface area contributed by atoms with Crippen molar-refractivity contribution in [2.24, 2.45) is 0 Å². The van der Waals surface area contributed by atoms with Crippen molar-refractivity contribution in [2.75, 3.05) is 31.1 Å². The van der Waals surface area contributed by atoms with Crippen LogP contribution in [0.3, 0.4) is 0 Å². The number of ketones is 1. The predicted octanol–water partition coefficient (Wildman–Crippen LogP) is 5.57. The number of H-pyrrole nitrogens is 1. The molecule has 0 spiro atoms. The van der Waals surface area contributed by atoms with E-state index in [1.165, 1.54) is 11.8 Å². The molecule has 6 heteroatoms. The number of halogens is 1. The summed E-state index contributed by atoms with van der Waals surface area (Å²) < 4.78 is 0. The molecule has 0 radical (unpaired) electrons. The molecule has 1 aliphatic rings. The van der Waals surface area contributed by atoms with Gasteiger partial charge < -0.3 is 15.2 Å². The third kappa shape index (κ3) is 4.25. The van der Waals surface area contributed by atoms with Gasteiger partial charge in [-0.15, -0.1) is 0 Å². The summed E-state index contributed by atoms with van der Waals surface area (Å²) in [5, 5.41) is 4.93. The fraction of sp³-hybridized carbons (Fsp3) is 0.214. The smallest absolute Gasteiger partial charge is 0.159 e. The molecule has 3 heterocycles. The van der Waals surface area contributed by atoms with Gasteiger partial charge in [0.2, 0.25) is 0 Å². The largest absolute Gasteiger partial charge is 0.369 e. The highest BCUT2D eigenvalue weighted by Crippen LogP contribution is 2.41. The van der Waals surface area contributed by atoms with Gasteiger partial charge in [0.25, 0.3) is 0 Å². The number of nitrogens with zero attached hydrogens (tertiary/aromatic N) is 2. The molecule has 0 bridgehead atoms. The lowest BCUT2D eigenvalue weighted by Crippen LogP contribution is -2.43. The first kappa shape index (κ1) is 22.4. The molecule has 0 atom stereocenters. The summed E-state index contributed by atoms with van der Waals surface area (Å²) in [7, 11) is 0. The Bertz CT molecular complexity index is 1370. The van der Waals surface area contributed by atoms with Gasteiger partial charge in [-0.1, -0.05) is 48.5 Å². The van der Waals surface area contributed by atoms with Crippen LogP contribution in [0.25, 0.3) is 33.4 Å². The van der Waals surface area contributed by atoms with E-state index in [1.54, 1.807) is 6.20 Å². The number of hydrogen-bond acceptors (Lipinski definition) is 4. The number of benzene rings is 2. The molecule has 2 aromatic carbocycles. The number of aromatic nitrogens is 2. The number of piperazine rings is 1. The van der Waals surface area contributed by atoms with E-state index in [4.69, 9.17) is 11.6 Å². The van der Waals surface area contributed by atoms with Crippen molar-refractivity contribution in [1.29, 1.82) is 0 Å². The zero-order valence-electron chi connectivity index (χ0n) is 19.2. The predicted molar refractivity (Wildman–Crippen MR) is 141 cm³/mol. The van der Waals surface area contributed by atoms with Crippen molar-refractivity contribution in [2.45, 2.75) is 13.3 Å². The van der Waals surface area contributed by atoms with Crippen molar-refractivity contribution in [3.63, 3.8) is 0 Å². The van der Waals surface area contributed by atoms with Crippen LogP contribution in [-0.4, -0.2) is 41.9 Å². The Balaban J connectivity index is 1.63. The minimum atomic E-state index is 0.00241. The molecule has 1 aliphatic heterocycles. The van der Waals surface area contributed by atoms with Crippen LogP contribution >= 0.6 is 11.6 Å². The Hall–Kier alpha value is -3.41. The maximum atomic E-state index is 12.1. The Morgan fingerprint density at radius 3 is 2.59 bits per heavy atom. The van der Waals surface area contributed by atoms with Crippen LogP contribution in [0.4, 0.5) is 5.69 Å². The normalized spacial score (nSPS) is 13.9. The number of allylic oxidation sites excluding steroid dienone is 1. The summed E-state index contributed by atoms with van der Waals surface area (Å²) in [4.78, 5) is 22.5. The molecule has 34 heavy (non-hydrogen) atoms. The van der Waals surface area contributed by atoms with Crippen LogP contribution in [0.5, 0.6) is 0 Å². The monoisotopic (exact) mass is 470 g/mol. The van der Waals surface area contributed by atoms with Gasteiger partial charge in [0.15, 0.2) is 5.78 Å². The van der Waals surface area contributed by atoms with Gasteiger partial charge in [-0.2, -0.15) is 0 Å². The maximum Gasteiger partial charge on any atom is 0.159 e. The molecule has 1 saturated heterocycles. The van der Waals surface area contributed by atoms with E-state index in [2.05, 4.69) is 69.2 Å². The summed E-state index contributed by atoms with van der Waals surface area (Å²) in [5.74, 6) is 0.00241. The van der Waals surface area contributed by atoms with Crippen molar-refractivity contribution in [3.05, 3.63) is 83.5 Å². The van der Waals surface area contributed by atoms with Crippen molar-refractivity contribution in [3.8, 4) is 22.4 Å². The number of carbonyl (C=O) groups excluding carboxylic acids is 1. The lowest BCUT2D eigenvalue weighted by Gasteiger charge is -2.29. The lowest BCUT2D eigenvalue weighted by atomic mass is 9.94. The van der Waals surface area contributed by atoms with Gasteiger partial charge in [0.05, 0.1) is 10.7 Å². The molecule has 2 N–H and O–H groups in total. The second-order valence-corrected chi connectivity index (χ2v) is 9.07. The molecule has 5 rings (SSSR count). The van der Waals surface area contributed by atoms with Crippen LogP contribution in [0.2, 0.25) is 5.02 Å². The fourth-order valence-electron chi connectivity index (χ4n) is 4.62. The highest BCUT2D eigenvalue weighted by Gasteiger charge is 2.20. The Morgan fingerprint density at radius 1 is 1.12 bits per heavy atom. The number of hydrogen-bond donors (Lipinski definition) is 2. The van der Waals surface area contributed by atoms with Crippen LogP contribution in [-0.2, 0) is 11.2 Å². The minimum Gasteiger partial charge on any atom is -0.369 e. The fourth-order valence-corrected chi connectivity index (χ4v) is 4.86. The summed E-state index contributed by atoms with van der Waals surface area (Å²) in [5.41, 5.74) is 8.05. The average Bonchev–Trinajstić information content (AvgIpc) is 3.27. The van der Waals surface area contributed by atoms with E-state index in [0.717, 1.165) is 70.7 Å².